The second kappa shape index (κ2) is 4.17. The van der Waals surface area contributed by atoms with Crippen LogP contribution in [0.1, 0.15) is 30.7 Å². The van der Waals surface area contributed by atoms with E-state index in [0.717, 1.165) is 17.2 Å². The van der Waals surface area contributed by atoms with Crippen molar-refractivity contribution < 1.29 is 0 Å². The molecule has 1 aliphatic carbocycles. The first-order chi connectivity index (χ1) is 8.33. The maximum Gasteiger partial charge on any atom is 0.127 e. The summed E-state index contributed by atoms with van der Waals surface area (Å²) in [6.45, 7) is 0. The van der Waals surface area contributed by atoms with Gasteiger partial charge >= 0.3 is 0 Å². The molecule has 2 aromatic rings. The third kappa shape index (κ3) is 2.00. The van der Waals surface area contributed by atoms with Crippen LogP contribution in [0, 0.1) is 0 Å². The molecule has 0 amide bonds. The van der Waals surface area contributed by atoms with Crippen LogP contribution in [0.15, 0.2) is 36.7 Å². The van der Waals surface area contributed by atoms with Gasteiger partial charge < -0.3 is 5.73 Å². The molecule has 0 aliphatic heterocycles. The Labute approximate surface area is 101 Å². The van der Waals surface area contributed by atoms with E-state index in [9.17, 15) is 0 Å². The van der Waals surface area contributed by atoms with Gasteiger partial charge in [-0.1, -0.05) is 30.7 Å². The highest BCUT2D eigenvalue weighted by Crippen LogP contribution is 2.36. The minimum Gasteiger partial charge on any atom is -0.384 e. The number of aromatic nitrogens is 2. The molecule has 1 aromatic carbocycles. The summed E-state index contributed by atoms with van der Waals surface area (Å²) >= 11 is 0. The first-order valence-electron chi connectivity index (χ1n) is 6.01. The van der Waals surface area contributed by atoms with Gasteiger partial charge in [-0.05, 0) is 24.3 Å². The predicted molar refractivity (Wildman–Crippen MR) is 68.5 cm³/mol. The van der Waals surface area contributed by atoms with Crippen molar-refractivity contribution >= 4 is 5.82 Å². The maximum atomic E-state index is 5.65. The SMILES string of the molecule is Nc1cc(-c2ccc(C3CCC3)cc2)ncn1. The van der Waals surface area contributed by atoms with Crippen LogP contribution in [-0.2, 0) is 0 Å². The molecule has 0 unspecified atom stereocenters. The van der Waals surface area contributed by atoms with Crippen molar-refractivity contribution in [3.63, 3.8) is 0 Å². The minimum atomic E-state index is 0.512. The highest BCUT2D eigenvalue weighted by molar-refractivity contribution is 5.61. The zero-order valence-corrected chi connectivity index (χ0v) is 9.63. The lowest BCUT2D eigenvalue weighted by atomic mass is 9.80. The van der Waals surface area contributed by atoms with E-state index in [1.54, 1.807) is 6.07 Å². The molecule has 1 saturated carbocycles. The molecule has 0 spiro atoms. The second-order valence-electron chi connectivity index (χ2n) is 4.58. The average Bonchev–Trinajstić information content (AvgIpc) is 2.28. The molecule has 0 bridgehead atoms. The highest BCUT2D eigenvalue weighted by atomic mass is 14.9. The van der Waals surface area contributed by atoms with Crippen molar-refractivity contribution in [3.05, 3.63) is 42.2 Å². The molecule has 0 atom stereocenters. The van der Waals surface area contributed by atoms with Crippen LogP contribution >= 0.6 is 0 Å². The van der Waals surface area contributed by atoms with Crippen LogP contribution in [0.4, 0.5) is 5.82 Å². The zero-order chi connectivity index (χ0) is 11.7. The van der Waals surface area contributed by atoms with Gasteiger partial charge in [0.1, 0.15) is 12.1 Å². The smallest absolute Gasteiger partial charge is 0.127 e. The van der Waals surface area contributed by atoms with E-state index in [1.165, 1.54) is 31.2 Å². The lowest BCUT2D eigenvalue weighted by Gasteiger charge is -2.25. The first kappa shape index (κ1) is 10.3. The molecular weight excluding hydrogens is 210 g/mol. The topological polar surface area (TPSA) is 51.8 Å². The van der Waals surface area contributed by atoms with E-state index in [2.05, 4.69) is 34.2 Å². The van der Waals surface area contributed by atoms with Gasteiger partial charge in [-0.25, -0.2) is 9.97 Å². The standard InChI is InChI=1S/C14H15N3/c15-14-8-13(16-9-17-14)12-6-4-11(5-7-12)10-2-1-3-10/h4-10H,1-3H2,(H2,15,16,17). The molecule has 0 saturated heterocycles. The van der Waals surface area contributed by atoms with Gasteiger partial charge in [-0.3, -0.25) is 0 Å². The Morgan fingerprint density at radius 1 is 1.06 bits per heavy atom. The molecule has 1 aliphatic rings. The first-order valence-corrected chi connectivity index (χ1v) is 6.01. The molecule has 3 rings (SSSR count). The number of hydrogen-bond donors (Lipinski definition) is 1. The number of nitrogens with two attached hydrogens (primary N) is 1. The lowest BCUT2D eigenvalue weighted by Crippen LogP contribution is -2.08. The Hall–Kier alpha value is -1.90. The van der Waals surface area contributed by atoms with Crippen LogP contribution in [0.2, 0.25) is 0 Å². The van der Waals surface area contributed by atoms with Crippen molar-refractivity contribution in [2.45, 2.75) is 25.2 Å². The van der Waals surface area contributed by atoms with E-state index in [-0.39, 0.29) is 0 Å². The Balaban J connectivity index is 1.88. The van der Waals surface area contributed by atoms with E-state index < -0.39 is 0 Å². The van der Waals surface area contributed by atoms with Gasteiger partial charge in [0.15, 0.2) is 0 Å². The normalized spacial score (nSPS) is 15.5. The van der Waals surface area contributed by atoms with Crippen LogP contribution in [0.5, 0.6) is 0 Å². The third-order valence-corrected chi connectivity index (χ3v) is 3.47. The molecule has 3 nitrogen and oxygen atoms in total. The molecule has 1 aromatic heterocycles. The summed E-state index contributed by atoms with van der Waals surface area (Å²) in [5.74, 6) is 1.29. The van der Waals surface area contributed by atoms with Gasteiger partial charge in [-0.2, -0.15) is 0 Å². The van der Waals surface area contributed by atoms with Crippen molar-refractivity contribution in [2.24, 2.45) is 0 Å². The number of anilines is 1. The molecule has 17 heavy (non-hydrogen) atoms. The maximum absolute atomic E-state index is 5.65. The van der Waals surface area contributed by atoms with E-state index in [0.29, 0.717) is 5.82 Å². The summed E-state index contributed by atoms with van der Waals surface area (Å²) in [5, 5.41) is 0. The van der Waals surface area contributed by atoms with Gasteiger partial charge in [0, 0.05) is 11.6 Å². The summed E-state index contributed by atoms with van der Waals surface area (Å²) < 4.78 is 0. The fourth-order valence-electron chi connectivity index (χ4n) is 2.20. The minimum absolute atomic E-state index is 0.512. The molecule has 0 radical (unpaired) electrons. The number of rotatable bonds is 2. The zero-order valence-electron chi connectivity index (χ0n) is 9.63. The van der Waals surface area contributed by atoms with Gasteiger partial charge in [0.2, 0.25) is 0 Å². The Bertz CT molecular complexity index is 515. The number of benzene rings is 1. The quantitative estimate of drug-likeness (QED) is 0.854. The van der Waals surface area contributed by atoms with Crippen molar-refractivity contribution in [2.75, 3.05) is 5.73 Å². The predicted octanol–water partition coefficient (Wildman–Crippen LogP) is 2.99. The number of hydrogen-bond acceptors (Lipinski definition) is 3. The van der Waals surface area contributed by atoms with E-state index >= 15 is 0 Å². The summed E-state index contributed by atoms with van der Waals surface area (Å²) in [7, 11) is 0. The molecule has 3 heteroatoms. The monoisotopic (exact) mass is 225 g/mol. The Morgan fingerprint density at radius 2 is 1.82 bits per heavy atom. The fourth-order valence-corrected chi connectivity index (χ4v) is 2.20. The molecule has 1 heterocycles. The van der Waals surface area contributed by atoms with Crippen LogP contribution in [0.25, 0.3) is 11.3 Å². The van der Waals surface area contributed by atoms with Gasteiger partial charge in [0.25, 0.3) is 0 Å². The van der Waals surface area contributed by atoms with Crippen molar-refractivity contribution in [1.82, 2.24) is 9.97 Å². The largest absolute Gasteiger partial charge is 0.384 e. The van der Waals surface area contributed by atoms with E-state index in [1.807, 2.05) is 0 Å². The average molecular weight is 225 g/mol. The molecule has 1 fully saturated rings. The van der Waals surface area contributed by atoms with Crippen LogP contribution < -0.4 is 5.73 Å². The second-order valence-corrected chi connectivity index (χ2v) is 4.58. The Morgan fingerprint density at radius 3 is 2.41 bits per heavy atom. The number of nitrogen functional groups attached to an aromatic ring is 1. The van der Waals surface area contributed by atoms with Crippen molar-refractivity contribution in [3.8, 4) is 11.3 Å². The lowest BCUT2D eigenvalue weighted by molar-refractivity contribution is 0.420. The highest BCUT2D eigenvalue weighted by Gasteiger charge is 2.18. The third-order valence-electron chi connectivity index (χ3n) is 3.47. The van der Waals surface area contributed by atoms with E-state index in [4.69, 9.17) is 5.73 Å². The summed E-state index contributed by atoms with van der Waals surface area (Å²) in [6.07, 6.45) is 5.54. The molecular formula is C14H15N3. The van der Waals surface area contributed by atoms with Crippen LogP contribution in [0.3, 0.4) is 0 Å². The summed E-state index contributed by atoms with van der Waals surface area (Å²) in [6, 6.07) is 10.5. The molecule has 86 valence electrons. The fraction of sp³-hybridized carbons (Fsp3) is 0.286. The summed E-state index contributed by atoms with van der Waals surface area (Å²) in [4.78, 5) is 8.13. The van der Waals surface area contributed by atoms with Crippen LogP contribution in [-0.4, -0.2) is 9.97 Å². The van der Waals surface area contributed by atoms with Gasteiger partial charge in [0.05, 0.1) is 5.69 Å². The van der Waals surface area contributed by atoms with Gasteiger partial charge in [-0.15, -0.1) is 0 Å². The summed E-state index contributed by atoms with van der Waals surface area (Å²) in [5.41, 5.74) is 9.09. The molecule has 2 N–H and O–H groups in total. The van der Waals surface area contributed by atoms with Crippen molar-refractivity contribution in [1.29, 1.82) is 0 Å². The number of nitrogens with zero attached hydrogens (tertiary/aromatic N) is 2. The Kier molecular flexibility index (Phi) is 2.52.